The molecule has 0 aliphatic heterocycles. The molecule has 2 aliphatic carbocycles. The van der Waals surface area contributed by atoms with Crippen LogP contribution < -0.4 is 5.32 Å². The summed E-state index contributed by atoms with van der Waals surface area (Å²) in [6.07, 6.45) is 5.98. The molecule has 1 N–H and O–H groups in total. The van der Waals surface area contributed by atoms with Crippen molar-refractivity contribution in [1.82, 2.24) is 19.1 Å². The van der Waals surface area contributed by atoms with Crippen molar-refractivity contribution in [1.29, 1.82) is 0 Å². The Morgan fingerprint density at radius 2 is 2.20 bits per heavy atom. The van der Waals surface area contributed by atoms with Crippen LogP contribution >= 0.6 is 11.5 Å². The number of hydrogen-bond acceptors (Lipinski definition) is 5. The van der Waals surface area contributed by atoms with Crippen LogP contribution in [0.15, 0.2) is 0 Å². The standard InChI is InChI=1S/C14H19N5S/c1-14(6-7-14)12-16-13(20-18-12)15-8-11-9-4-3-5-10(9)17-19(11)2/h3-8H2,1-2H3,(H,15,16,18). The first kappa shape index (κ1) is 12.3. The second kappa shape index (κ2) is 4.28. The summed E-state index contributed by atoms with van der Waals surface area (Å²) in [5, 5.41) is 8.96. The van der Waals surface area contributed by atoms with Crippen molar-refractivity contribution in [3.05, 3.63) is 22.8 Å². The van der Waals surface area contributed by atoms with E-state index in [0.29, 0.717) is 0 Å². The summed E-state index contributed by atoms with van der Waals surface area (Å²) in [6, 6.07) is 0. The molecule has 0 radical (unpaired) electrons. The van der Waals surface area contributed by atoms with E-state index < -0.39 is 0 Å². The maximum absolute atomic E-state index is 4.63. The first-order valence-corrected chi connectivity index (χ1v) is 8.05. The molecule has 0 saturated heterocycles. The summed E-state index contributed by atoms with van der Waals surface area (Å²) in [5.41, 5.74) is 4.28. The van der Waals surface area contributed by atoms with Crippen LogP contribution in [0.5, 0.6) is 0 Å². The summed E-state index contributed by atoms with van der Waals surface area (Å²) in [6.45, 7) is 3.04. The van der Waals surface area contributed by atoms with Crippen molar-refractivity contribution >= 4 is 16.7 Å². The third-order valence-electron chi connectivity index (χ3n) is 4.57. The fraction of sp³-hybridized carbons (Fsp3) is 0.643. The smallest absolute Gasteiger partial charge is 0.202 e. The van der Waals surface area contributed by atoms with Crippen LogP contribution in [0, 0.1) is 0 Å². The highest BCUT2D eigenvalue weighted by Crippen LogP contribution is 2.46. The quantitative estimate of drug-likeness (QED) is 0.939. The molecule has 0 amide bonds. The molecular weight excluding hydrogens is 270 g/mol. The molecule has 2 aromatic rings. The SMILES string of the molecule is Cn1nc2c(c1CNc1nc(C3(C)CC3)ns1)CCC2. The molecule has 5 nitrogen and oxygen atoms in total. The van der Waals surface area contributed by atoms with Gasteiger partial charge in [0.1, 0.15) is 0 Å². The highest BCUT2D eigenvalue weighted by atomic mass is 32.1. The van der Waals surface area contributed by atoms with Crippen molar-refractivity contribution in [3.8, 4) is 0 Å². The van der Waals surface area contributed by atoms with E-state index in [1.54, 1.807) is 0 Å². The van der Waals surface area contributed by atoms with Gasteiger partial charge in [-0.1, -0.05) is 6.92 Å². The van der Waals surface area contributed by atoms with Gasteiger partial charge in [-0.2, -0.15) is 9.47 Å². The lowest BCUT2D eigenvalue weighted by atomic mass is 10.1. The van der Waals surface area contributed by atoms with Gasteiger partial charge < -0.3 is 5.32 Å². The Labute approximate surface area is 122 Å². The van der Waals surface area contributed by atoms with E-state index in [1.165, 1.54) is 54.2 Å². The normalized spacial score (nSPS) is 19.1. The molecule has 1 saturated carbocycles. The molecule has 0 bridgehead atoms. The van der Waals surface area contributed by atoms with Gasteiger partial charge in [-0.05, 0) is 37.7 Å². The van der Waals surface area contributed by atoms with Gasteiger partial charge in [-0.25, -0.2) is 4.98 Å². The van der Waals surface area contributed by atoms with Gasteiger partial charge in [0.05, 0.1) is 17.9 Å². The fourth-order valence-corrected chi connectivity index (χ4v) is 3.62. The van der Waals surface area contributed by atoms with Crippen LogP contribution in [0.1, 0.15) is 49.0 Å². The Bertz CT molecular complexity index is 653. The molecule has 106 valence electrons. The van der Waals surface area contributed by atoms with E-state index in [2.05, 4.69) is 26.7 Å². The molecule has 2 heterocycles. The molecule has 2 aromatic heterocycles. The third kappa shape index (κ3) is 1.93. The molecule has 1 fully saturated rings. The Hall–Kier alpha value is -1.43. The second-order valence-electron chi connectivity index (χ2n) is 6.19. The van der Waals surface area contributed by atoms with Crippen LogP contribution in [0.3, 0.4) is 0 Å². The van der Waals surface area contributed by atoms with E-state index in [-0.39, 0.29) is 5.41 Å². The van der Waals surface area contributed by atoms with Gasteiger partial charge in [0, 0.05) is 24.0 Å². The van der Waals surface area contributed by atoms with E-state index in [0.717, 1.165) is 23.9 Å². The number of anilines is 1. The topological polar surface area (TPSA) is 55.6 Å². The third-order valence-corrected chi connectivity index (χ3v) is 5.24. The van der Waals surface area contributed by atoms with Gasteiger partial charge >= 0.3 is 0 Å². The van der Waals surface area contributed by atoms with Gasteiger partial charge in [0.25, 0.3) is 0 Å². The van der Waals surface area contributed by atoms with Crippen LogP contribution in [0.25, 0.3) is 0 Å². The van der Waals surface area contributed by atoms with Gasteiger partial charge in [0.2, 0.25) is 5.13 Å². The summed E-state index contributed by atoms with van der Waals surface area (Å²) < 4.78 is 6.51. The predicted octanol–water partition coefficient (Wildman–Crippen LogP) is 2.42. The number of nitrogens with one attached hydrogen (secondary N) is 1. The van der Waals surface area contributed by atoms with E-state index in [1.807, 2.05) is 11.7 Å². The second-order valence-corrected chi connectivity index (χ2v) is 6.94. The first-order valence-electron chi connectivity index (χ1n) is 7.27. The Kier molecular flexibility index (Phi) is 2.64. The van der Waals surface area contributed by atoms with E-state index >= 15 is 0 Å². The molecule has 0 atom stereocenters. The molecule has 0 spiro atoms. The van der Waals surface area contributed by atoms with Crippen molar-refractivity contribution in [2.45, 2.75) is 51.0 Å². The molecule has 0 unspecified atom stereocenters. The Morgan fingerprint density at radius 1 is 1.35 bits per heavy atom. The summed E-state index contributed by atoms with van der Waals surface area (Å²) in [4.78, 5) is 4.63. The van der Waals surface area contributed by atoms with E-state index in [9.17, 15) is 0 Å². The Balaban J connectivity index is 1.49. The van der Waals surface area contributed by atoms with Gasteiger partial charge in [-0.15, -0.1) is 0 Å². The molecule has 0 aromatic carbocycles. The monoisotopic (exact) mass is 289 g/mol. The fourth-order valence-electron chi connectivity index (χ4n) is 2.92. The zero-order valence-electron chi connectivity index (χ0n) is 11.9. The lowest BCUT2D eigenvalue weighted by Crippen LogP contribution is -2.08. The van der Waals surface area contributed by atoms with Crippen molar-refractivity contribution < 1.29 is 0 Å². The average Bonchev–Trinajstić information content (AvgIpc) is 2.85. The van der Waals surface area contributed by atoms with Crippen molar-refractivity contribution in [2.75, 3.05) is 5.32 Å². The lowest BCUT2D eigenvalue weighted by Gasteiger charge is -2.05. The number of hydrogen-bond donors (Lipinski definition) is 1. The number of nitrogens with zero attached hydrogens (tertiary/aromatic N) is 4. The molecule has 6 heteroatoms. The molecule has 20 heavy (non-hydrogen) atoms. The van der Waals surface area contributed by atoms with Gasteiger partial charge in [0.15, 0.2) is 5.82 Å². The number of aryl methyl sites for hydroxylation is 2. The van der Waals surface area contributed by atoms with E-state index in [4.69, 9.17) is 0 Å². The van der Waals surface area contributed by atoms with Crippen LogP contribution in [-0.2, 0) is 31.8 Å². The summed E-state index contributed by atoms with van der Waals surface area (Å²) >= 11 is 1.48. The number of aromatic nitrogens is 4. The first-order chi connectivity index (χ1) is 9.66. The minimum absolute atomic E-state index is 0.254. The van der Waals surface area contributed by atoms with Crippen molar-refractivity contribution in [2.24, 2.45) is 7.05 Å². The van der Waals surface area contributed by atoms with Crippen LogP contribution in [0.2, 0.25) is 0 Å². The predicted molar refractivity (Wildman–Crippen MR) is 79.1 cm³/mol. The maximum Gasteiger partial charge on any atom is 0.202 e. The highest BCUT2D eigenvalue weighted by molar-refractivity contribution is 7.09. The molecule has 4 rings (SSSR count). The highest BCUT2D eigenvalue weighted by Gasteiger charge is 2.42. The maximum atomic E-state index is 4.63. The van der Waals surface area contributed by atoms with Gasteiger partial charge in [-0.3, -0.25) is 4.68 Å². The largest absolute Gasteiger partial charge is 0.355 e. The molecular formula is C14H19N5S. The minimum atomic E-state index is 0.254. The molecule has 2 aliphatic rings. The minimum Gasteiger partial charge on any atom is -0.355 e. The van der Waals surface area contributed by atoms with Crippen molar-refractivity contribution in [3.63, 3.8) is 0 Å². The number of rotatable bonds is 4. The number of fused-ring (bicyclic) bond motifs is 1. The average molecular weight is 289 g/mol. The van der Waals surface area contributed by atoms with Crippen LogP contribution in [0.4, 0.5) is 5.13 Å². The zero-order chi connectivity index (χ0) is 13.7. The summed E-state index contributed by atoms with van der Waals surface area (Å²) in [5.74, 6) is 1.01. The lowest BCUT2D eigenvalue weighted by molar-refractivity contribution is 0.687. The van der Waals surface area contributed by atoms with Crippen LogP contribution in [-0.4, -0.2) is 19.1 Å². The zero-order valence-corrected chi connectivity index (χ0v) is 12.8. The summed E-state index contributed by atoms with van der Waals surface area (Å²) in [7, 11) is 2.03. The Morgan fingerprint density at radius 3 is 3.00 bits per heavy atom.